The van der Waals surface area contributed by atoms with E-state index in [-0.39, 0.29) is 0 Å². The Kier molecular flexibility index (Phi) is 2.92. The average molecular weight is 243 g/mol. The maximum atomic E-state index is 11.0. The largest absolute Gasteiger partial charge is 0.486 e. The molecule has 0 spiro atoms. The van der Waals surface area contributed by atoms with E-state index in [2.05, 4.69) is 0 Å². The van der Waals surface area contributed by atoms with E-state index in [0.29, 0.717) is 35.3 Å². The molecular formula is C11H11ClO4. The minimum absolute atomic E-state index is 0.388. The minimum Gasteiger partial charge on any atom is -0.486 e. The summed E-state index contributed by atoms with van der Waals surface area (Å²) in [5.74, 6) is -0.652. The van der Waals surface area contributed by atoms with Crippen LogP contribution in [0.1, 0.15) is 18.4 Å². The van der Waals surface area contributed by atoms with Crippen molar-refractivity contribution in [2.45, 2.75) is 12.8 Å². The van der Waals surface area contributed by atoms with Gasteiger partial charge in [0.05, 0.1) is 5.92 Å². The summed E-state index contributed by atoms with van der Waals surface area (Å²) < 4.78 is 10.8. The molecule has 0 radical (unpaired) electrons. The molecule has 1 aliphatic rings. The van der Waals surface area contributed by atoms with Gasteiger partial charge in [-0.25, -0.2) is 0 Å². The first kappa shape index (κ1) is 11.1. The van der Waals surface area contributed by atoms with Gasteiger partial charge in [-0.3, -0.25) is 4.79 Å². The van der Waals surface area contributed by atoms with Gasteiger partial charge >= 0.3 is 5.97 Å². The molecule has 0 saturated carbocycles. The van der Waals surface area contributed by atoms with Crippen molar-refractivity contribution in [3.05, 3.63) is 22.7 Å². The SMILES string of the molecule is CC(C(=O)O)c1c(Cl)ccc2c1OCCO2. The first-order valence-corrected chi connectivity index (χ1v) is 5.30. The summed E-state index contributed by atoms with van der Waals surface area (Å²) >= 11 is 6.00. The fourth-order valence-corrected chi connectivity index (χ4v) is 1.95. The molecule has 1 aromatic carbocycles. The molecule has 5 heteroatoms. The number of benzene rings is 1. The van der Waals surface area contributed by atoms with Crippen LogP contribution in [0.3, 0.4) is 0 Å². The van der Waals surface area contributed by atoms with E-state index >= 15 is 0 Å². The van der Waals surface area contributed by atoms with Gasteiger partial charge in [-0.15, -0.1) is 0 Å². The van der Waals surface area contributed by atoms with Crippen LogP contribution < -0.4 is 9.47 Å². The molecule has 0 aliphatic carbocycles. The van der Waals surface area contributed by atoms with E-state index in [4.69, 9.17) is 26.2 Å². The highest BCUT2D eigenvalue weighted by molar-refractivity contribution is 6.32. The number of ether oxygens (including phenoxy) is 2. The maximum absolute atomic E-state index is 11.0. The van der Waals surface area contributed by atoms with Crippen molar-refractivity contribution >= 4 is 17.6 Å². The molecule has 1 aromatic rings. The Bertz CT molecular complexity index is 430. The number of hydrogen-bond donors (Lipinski definition) is 1. The zero-order valence-electron chi connectivity index (χ0n) is 8.70. The van der Waals surface area contributed by atoms with E-state index in [9.17, 15) is 4.79 Å². The third-order valence-electron chi connectivity index (χ3n) is 2.50. The predicted octanol–water partition coefficient (Wildman–Crippen LogP) is 2.30. The van der Waals surface area contributed by atoms with Gasteiger partial charge in [-0.2, -0.15) is 0 Å². The minimum atomic E-state index is -0.940. The standard InChI is InChI=1S/C11H11ClO4/c1-6(11(13)14)9-7(12)2-3-8-10(9)16-5-4-15-8/h2-3,6H,4-5H2,1H3,(H,13,14). The Morgan fingerprint density at radius 1 is 1.44 bits per heavy atom. The zero-order chi connectivity index (χ0) is 11.7. The molecule has 1 aliphatic heterocycles. The van der Waals surface area contributed by atoms with Crippen molar-refractivity contribution in [1.82, 2.24) is 0 Å². The summed E-state index contributed by atoms with van der Waals surface area (Å²) in [5.41, 5.74) is 0.478. The molecule has 0 saturated heterocycles. The number of aliphatic carboxylic acids is 1. The lowest BCUT2D eigenvalue weighted by atomic mass is 9.99. The summed E-state index contributed by atoms with van der Waals surface area (Å²) in [6, 6.07) is 3.32. The van der Waals surface area contributed by atoms with E-state index in [1.54, 1.807) is 19.1 Å². The quantitative estimate of drug-likeness (QED) is 0.865. The van der Waals surface area contributed by atoms with Crippen LogP contribution in [0.5, 0.6) is 11.5 Å². The van der Waals surface area contributed by atoms with E-state index in [1.807, 2.05) is 0 Å². The van der Waals surface area contributed by atoms with Crippen LogP contribution in [0.2, 0.25) is 5.02 Å². The molecule has 1 atom stereocenters. The molecule has 1 unspecified atom stereocenters. The third-order valence-corrected chi connectivity index (χ3v) is 2.83. The number of carboxylic acids is 1. The van der Waals surface area contributed by atoms with Gasteiger partial charge < -0.3 is 14.6 Å². The monoisotopic (exact) mass is 242 g/mol. The second-order valence-corrected chi connectivity index (χ2v) is 3.95. The fourth-order valence-electron chi connectivity index (χ4n) is 1.64. The number of carboxylic acid groups (broad SMARTS) is 1. The van der Waals surface area contributed by atoms with Crippen LogP contribution in [-0.4, -0.2) is 24.3 Å². The highest BCUT2D eigenvalue weighted by Gasteiger charge is 2.26. The van der Waals surface area contributed by atoms with E-state index in [1.165, 1.54) is 0 Å². The topological polar surface area (TPSA) is 55.8 Å². The van der Waals surface area contributed by atoms with Gasteiger partial charge in [0.15, 0.2) is 11.5 Å². The zero-order valence-corrected chi connectivity index (χ0v) is 9.45. The van der Waals surface area contributed by atoms with Crippen molar-refractivity contribution < 1.29 is 19.4 Å². The molecule has 0 bridgehead atoms. The van der Waals surface area contributed by atoms with Crippen LogP contribution in [0.25, 0.3) is 0 Å². The summed E-state index contributed by atoms with van der Waals surface area (Å²) in [6.07, 6.45) is 0. The lowest BCUT2D eigenvalue weighted by Gasteiger charge is -2.23. The fraction of sp³-hybridized carbons (Fsp3) is 0.364. The van der Waals surface area contributed by atoms with Crippen LogP contribution in [0.4, 0.5) is 0 Å². The van der Waals surface area contributed by atoms with Crippen molar-refractivity contribution in [1.29, 1.82) is 0 Å². The van der Waals surface area contributed by atoms with Gasteiger partial charge in [0.25, 0.3) is 0 Å². The van der Waals surface area contributed by atoms with Crippen LogP contribution in [0.15, 0.2) is 12.1 Å². The highest BCUT2D eigenvalue weighted by Crippen LogP contribution is 2.41. The maximum Gasteiger partial charge on any atom is 0.310 e. The lowest BCUT2D eigenvalue weighted by molar-refractivity contribution is -0.138. The Balaban J connectivity index is 2.53. The van der Waals surface area contributed by atoms with Gasteiger partial charge in [-0.05, 0) is 19.1 Å². The molecule has 86 valence electrons. The summed E-state index contributed by atoms with van der Waals surface area (Å²) in [6.45, 7) is 2.45. The second kappa shape index (κ2) is 4.22. The third kappa shape index (κ3) is 1.80. The van der Waals surface area contributed by atoms with Crippen molar-refractivity contribution in [2.24, 2.45) is 0 Å². The Labute approximate surface area is 97.7 Å². The molecule has 4 nitrogen and oxygen atoms in total. The molecule has 16 heavy (non-hydrogen) atoms. The van der Waals surface area contributed by atoms with Gasteiger partial charge in [0.1, 0.15) is 13.2 Å². The smallest absolute Gasteiger partial charge is 0.310 e. The number of rotatable bonds is 2. The van der Waals surface area contributed by atoms with Gasteiger partial charge in [0, 0.05) is 10.6 Å². The average Bonchev–Trinajstić information content (AvgIpc) is 2.28. The second-order valence-electron chi connectivity index (χ2n) is 3.55. The van der Waals surface area contributed by atoms with Gasteiger partial charge in [-0.1, -0.05) is 11.6 Å². The number of halogens is 1. The van der Waals surface area contributed by atoms with Crippen LogP contribution >= 0.6 is 11.6 Å². The molecule has 0 aromatic heterocycles. The normalized spacial score (nSPS) is 15.6. The molecular weight excluding hydrogens is 232 g/mol. The predicted molar refractivity (Wildman–Crippen MR) is 58.5 cm³/mol. The molecule has 2 rings (SSSR count). The van der Waals surface area contributed by atoms with E-state index in [0.717, 1.165) is 0 Å². The number of hydrogen-bond acceptors (Lipinski definition) is 3. The summed E-state index contributed by atoms with van der Waals surface area (Å²) in [5, 5.41) is 9.39. The van der Waals surface area contributed by atoms with Gasteiger partial charge in [0.2, 0.25) is 0 Å². The Morgan fingerprint density at radius 2 is 2.12 bits per heavy atom. The summed E-state index contributed by atoms with van der Waals surface area (Å²) in [7, 11) is 0. The molecule has 0 fully saturated rings. The number of fused-ring (bicyclic) bond motifs is 1. The van der Waals surface area contributed by atoms with Crippen molar-refractivity contribution in [3.8, 4) is 11.5 Å². The van der Waals surface area contributed by atoms with Crippen LogP contribution in [-0.2, 0) is 4.79 Å². The molecule has 1 heterocycles. The molecule has 1 N–H and O–H groups in total. The van der Waals surface area contributed by atoms with Crippen molar-refractivity contribution in [2.75, 3.05) is 13.2 Å². The highest BCUT2D eigenvalue weighted by atomic mass is 35.5. The molecule has 0 amide bonds. The summed E-state index contributed by atoms with van der Waals surface area (Å²) in [4.78, 5) is 11.0. The first-order valence-electron chi connectivity index (χ1n) is 4.92. The first-order chi connectivity index (χ1) is 7.61. The number of carbonyl (C=O) groups is 1. The van der Waals surface area contributed by atoms with E-state index < -0.39 is 11.9 Å². The lowest BCUT2D eigenvalue weighted by Crippen LogP contribution is -2.19. The Morgan fingerprint density at radius 3 is 2.81 bits per heavy atom. The Hall–Kier alpha value is -1.42. The van der Waals surface area contributed by atoms with Crippen molar-refractivity contribution in [3.63, 3.8) is 0 Å². The van der Waals surface area contributed by atoms with Crippen LogP contribution in [0, 0.1) is 0 Å².